The molecule has 0 spiro atoms. The van der Waals surface area contributed by atoms with Crippen LogP contribution in [0.15, 0.2) is 24.3 Å². The quantitative estimate of drug-likeness (QED) is 0.403. The van der Waals surface area contributed by atoms with Crippen LogP contribution in [0.5, 0.6) is 0 Å². The van der Waals surface area contributed by atoms with Gasteiger partial charge >= 0.3 is 0 Å². The molecule has 0 bridgehead atoms. The first-order valence-corrected chi connectivity index (χ1v) is 8.13. The van der Waals surface area contributed by atoms with Crippen LogP contribution in [-0.2, 0) is 11.3 Å². The van der Waals surface area contributed by atoms with Crippen LogP contribution in [0, 0.1) is 10.1 Å². The minimum absolute atomic E-state index is 0.137. The number of hydrogen-bond acceptors (Lipinski definition) is 4. The molecular formula is C17H32N2O3. The smallest absolute Gasteiger partial charge is 0.269 e. The number of nitrogens with zero attached hydrogens (tertiary/aromatic N) is 2. The highest BCUT2D eigenvalue weighted by atomic mass is 16.6. The number of hydrogen-bond donors (Lipinski definition) is 0. The zero-order valence-corrected chi connectivity index (χ0v) is 15.0. The predicted molar refractivity (Wildman–Crippen MR) is 93.2 cm³/mol. The van der Waals surface area contributed by atoms with Crippen LogP contribution in [0.4, 0.5) is 5.69 Å². The van der Waals surface area contributed by atoms with Gasteiger partial charge < -0.3 is 9.64 Å². The van der Waals surface area contributed by atoms with Crippen LogP contribution < -0.4 is 0 Å². The molecule has 1 aromatic carbocycles. The molecule has 0 saturated heterocycles. The van der Waals surface area contributed by atoms with Crippen molar-refractivity contribution in [1.82, 2.24) is 4.90 Å². The first kappa shape index (κ1) is 22.8. The SMILES string of the molecule is CC.CC.CCOCCCN(C)Cc1ccc([N+](=O)[O-])cc1. The van der Waals surface area contributed by atoms with Gasteiger partial charge in [0.15, 0.2) is 0 Å². The largest absolute Gasteiger partial charge is 0.382 e. The lowest BCUT2D eigenvalue weighted by molar-refractivity contribution is -0.384. The molecule has 0 fully saturated rings. The van der Waals surface area contributed by atoms with Crippen LogP contribution in [-0.4, -0.2) is 36.6 Å². The van der Waals surface area contributed by atoms with Crippen molar-refractivity contribution in [3.05, 3.63) is 39.9 Å². The first-order chi connectivity index (χ1) is 10.6. The lowest BCUT2D eigenvalue weighted by atomic mass is 10.2. The average molecular weight is 312 g/mol. The van der Waals surface area contributed by atoms with Crippen molar-refractivity contribution in [2.45, 2.75) is 47.6 Å². The summed E-state index contributed by atoms with van der Waals surface area (Å²) in [7, 11) is 2.04. The van der Waals surface area contributed by atoms with Gasteiger partial charge in [0.25, 0.3) is 5.69 Å². The molecule has 1 aromatic rings. The molecule has 128 valence electrons. The minimum atomic E-state index is -0.379. The Balaban J connectivity index is 0. The van der Waals surface area contributed by atoms with E-state index in [1.165, 1.54) is 0 Å². The van der Waals surface area contributed by atoms with Gasteiger partial charge in [0.05, 0.1) is 4.92 Å². The molecule has 0 heterocycles. The maximum absolute atomic E-state index is 10.5. The molecule has 5 nitrogen and oxygen atoms in total. The van der Waals surface area contributed by atoms with Crippen molar-refractivity contribution in [2.75, 3.05) is 26.8 Å². The van der Waals surface area contributed by atoms with E-state index < -0.39 is 0 Å². The maximum Gasteiger partial charge on any atom is 0.269 e. The van der Waals surface area contributed by atoms with Gasteiger partial charge in [-0.15, -0.1) is 0 Å². The van der Waals surface area contributed by atoms with Crippen LogP contribution in [0.1, 0.15) is 46.6 Å². The fraction of sp³-hybridized carbons (Fsp3) is 0.647. The standard InChI is InChI=1S/C13H20N2O3.2C2H6/c1-3-18-10-4-9-14(2)11-12-5-7-13(8-6-12)15(16)17;2*1-2/h5-8H,3-4,9-11H2,1-2H3;2*1-2H3. The second kappa shape index (κ2) is 15.9. The molecule has 0 radical (unpaired) electrons. The van der Waals surface area contributed by atoms with Gasteiger partial charge in [-0.3, -0.25) is 10.1 Å². The fourth-order valence-electron chi connectivity index (χ4n) is 1.69. The number of ether oxygens (including phenoxy) is 1. The molecule has 5 heteroatoms. The van der Waals surface area contributed by atoms with Crippen molar-refractivity contribution in [3.8, 4) is 0 Å². The Bertz CT molecular complexity index is 367. The highest BCUT2D eigenvalue weighted by Crippen LogP contribution is 2.13. The van der Waals surface area contributed by atoms with Gasteiger partial charge in [-0.05, 0) is 26.0 Å². The second-order valence-electron chi connectivity index (χ2n) is 4.21. The van der Waals surface area contributed by atoms with Crippen LogP contribution in [0.2, 0.25) is 0 Å². The number of nitro groups is 1. The highest BCUT2D eigenvalue weighted by molar-refractivity contribution is 5.32. The second-order valence-corrected chi connectivity index (χ2v) is 4.21. The molecule has 1 rings (SSSR count). The normalized spacial score (nSPS) is 9.41. The van der Waals surface area contributed by atoms with E-state index in [1.54, 1.807) is 24.3 Å². The average Bonchev–Trinajstić information content (AvgIpc) is 2.56. The van der Waals surface area contributed by atoms with Gasteiger partial charge in [-0.25, -0.2) is 0 Å². The Labute approximate surface area is 135 Å². The number of nitro benzene ring substituents is 1. The molecule has 0 aliphatic heterocycles. The van der Waals surface area contributed by atoms with Gasteiger partial charge in [0, 0.05) is 38.4 Å². The van der Waals surface area contributed by atoms with Crippen molar-refractivity contribution in [2.24, 2.45) is 0 Å². The van der Waals surface area contributed by atoms with Crippen LogP contribution >= 0.6 is 0 Å². The van der Waals surface area contributed by atoms with Gasteiger partial charge in [-0.1, -0.05) is 39.8 Å². The molecule has 0 aliphatic carbocycles. The topological polar surface area (TPSA) is 55.6 Å². The Kier molecular flexibility index (Phi) is 16.5. The van der Waals surface area contributed by atoms with E-state index in [2.05, 4.69) is 4.90 Å². The zero-order chi connectivity index (χ0) is 17.4. The van der Waals surface area contributed by atoms with Gasteiger partial charge in [-0.2, -0.15) is 0 Å². The van der Waals surface area contributed by atoms with Gasteiger partial charge in [0.2, 0.25) is 0 Å². The van der Waals surface area contributed by atoms with Crippen LogP contribution in [0.25, 0.3) is 0 Å². The molecular weight excluding hydrogens is 280 g/mol. The van der Waals surface area contributed by atoms with E-state index in [0.717, 1.165) is 38.3 Å². The van der Waals surface area contributed by atoms with E-state index in [4.69, 9.17) is 4.74 Å². The Morgan fingerprint density at radius 3 is 2.14 bits per heavy atom. The molecule has 0 aliphatic rings. The third kappa shape index (κ3) is 11.2. The molecule has 0 N–H and O–H groups in total. The summed E-state index contributed by atoms with van der Waals surface area (Å²) in [5, 5.41) is 10.5. The molecule has 0 aromatic heterocycles. The molecule has 0 saturated carbocycles. The Hall–Kier alpha value is -1.46. The summed E-state index contributed by atoms with van der Waals surface area (Å²) in [6, 6.07) is 6.70. The monoisotopic (exact) mass is 312 g/mol. The van der Waals surface area contributed by atoms with Gasteiger partial charge in [0.1, 0.15) is 0 Å². The summed E-state index contributed by atoms with van der Waals surface area (Å²) in [6.07, 6.45) is 0.997. The summed E-state index contributed by atoms with van der Waals surface area (Å²) in [5.41, 5.74) is 1.22. The number of benzene rings is 1. The van der Waals surface area contributed by atoms with E-state index in [0.29, 0.717) is 0 Å². The van der Waals surface area contributed by atoms with Crippen molar-refractivity contribution in [1.29, 1.82) is 0 Å². The van der Waals surface area contributed by atoms with Crippen molar-refractivity contribution in [3.63, 3.8) is 0 Å². The zero-order valence-electron chi connectivity index (χ0n) is 15.0. The molecule has 0 unspecified atom stereocenters. The van der Waals surface area contributed by atoms with Crippen molar-refractivity contribution < 1.29 is 9.66 Å². The predicted octanol–water partition coefficient (Wildman–Crippen LogP) is 4.51. The third-order valence-corrected chi connectivity index (χ3v) is 2.63. The number of non-ortho nitro benzene ring substituents is 1. The lowest BCUT2D eigenvalue weighted by Gasteiger charge is -2.16. The Morgan fingerprint density at radius 1 is 1.14 bits per heavy atom. The summed E-state index contributed by atoms with van der Waals surface area (Å²) >= 11 is 0. The van der Waals surface area contributed by atoms with Crippen molar-refractivity contribution >= 4 is 5.69 Å². The third-order valence-electron chi connectivity index (χ3n) is 2.63. The maximum atomic E-state index is 10.5. The van der Waals surface area contributed by atoms with Crippen LogP contribution in [0.3, 0.4) is 0 Å². The molecule has 0 atom stereocenters. The van der Waals surface area contributed by atoms with E-state index in [9.17, 15) is 10.1 Å². The summed E-state index contributed by atoms with van der Waals surface area (Å²) in [6.45, 7) is 13.3. The minimum Gasteiger partial charge on any atom is -0.382 e. The number of rotatable bonds is 8. The lowest BCUT2D eigenvalue weighted by Crippen LogP contribution is -2.20. The van der Waals surface area contributed by atoms with E-state index in [-0.39, 0.29) is 10.6 Å². The summed E-state index contributed by atoms with van der Waals surface area (Å²) < 4.78 is 5.27. The Morgan fingerprint density at radius 2 is 1.68 bits per heavy atom. The molecule has 0 amide bonds. The fourth-order valence-corrected chi connectivity index (χ4v) is 1.69. The first-order valence-electron chi connectivity index (χ1n) is 8.13. The van der Waals surface area contributed by atoms with E-state index >= 15 is 0 Å². The van der Waals surface area contributed by atoms with E-state index in [1.807, 2.05) is 41.7 Å². The summed E-state index contributed by atoms with van der Waals surface area (Å²) in [4.78, 5) is 12.3. The molecule has 22 heavy (non-hydrogen) atoms. The highest BCUT2D eigenvalue weighted by Gasteiger charge is 2.05. The summed E-state index contributed by atoms with van der Waals surface area (Å²) in [5.74, 6) is 0.